The van der Waals surface area contributed by atoms with Crippen molar-refractivity contribution in [3.8, 4) is 11.5 Å². The van der Waals surface area contributed by atoms with Crippen molar-refractivity contribution >= 4 is 33.2 Å². The normalized spacial score (nSPS) is 13.3. The summed E-state index contributed by atoms with van der Waals surface area (Å²) in [5.74, 6) is 0.442. The maximum atomic E-state index is 12.9. The summed E-state index contributed by atoms with van der Waals surface area (Å²) in [6.07, 6.45) is 1.03. The molecule has 0 radical (unpaired) electrons. The molecule has 158 valence electrons. The van der Waals surface area contributed by atoms with Gasteiger partial charge < -0.3 is 14.8 Å². The number of carbonyl (C=O) groups excluding carboxylic acids is 1. The van der Waals surface area contributed by atoms with Gasteiger partial charge >= 0.3 is 0 Å². The monoisotopic (exact) mass is 440 g/mol. The summed E-state index contributed by atoms with van der Waals surface area (Å²) in [6, 6.07) is 10.4. The van der Waals surface area contributed by atoms with Gasteiger partial charge in [-0.2, -0.15) is 0 Å². The van der Waals surface area contributed by atoms with E-state index in [1.165, 1.54) is 20.1 Å². The SMILES string of the molecule is COc1ccccc1[C@@H](C)NC(=O)[C@@H](C)N(c1cc(Cl)ccc1OC)S(C)(=O)=O. The number of rotatable bonds is 8. The zero-order valence-electron chi connectivity index (χ0n) is 17.0. The minimum Gasteiger partial charge on any atom is -0.496 e. The molecule has 0 heterocycles. The van der Waals surface area contributed by atoms with Crippen LogP contribution < -0.4 is 19.1 Å². The molecular formula is C20H25ClN2O5S. The van der Waals surface area contributed by atoms with Gasteiger partial charge in [-0.15, -0.1) is 0 Å². The van der Waals surface area contributed by atoms with Crippen molar-refractivity contribution in [1.82, 2.24) is 5.32 Å². The Hall–Kier alpha value is -2.45. The van der Waals surface area contributed by atoms with Gasteiger partial charge in [-0.3, -0.25) is 9.10 Å². The molecule has 0 saturated carbocycles. The number of ether oxygens (including phenoxy) is 2. The summed E-state index contributed by atoms with van der Waals surface area (Å²) >= 11 is 6.06. The second-order valence-electron chi connectivity index (χ2n) is 6.52. The summed E-state index contributed by atoms with van der Waals surface area (Å²) in [4.78, 5) is 12.9. The van der Waals surface area contributed by atoms with Gasteiger partial charge in [0.05, 0.1) is 32.2 Å². The van der Waals surface area contributed by atoms with Crippen LogP contribution in [-0.2, 0) is 14.8 Å². The van der Waals surface area contributed by atoms with Crippen LogP contribution in [0.3, 0.4) is 0 Å². The second-order valence-corrected chi connectivity index (χ2v) is 8.82. The molecule has 0 saturated heterocycles. The molecule has 0 unspecified atom stereocenters. The molecule has 0 bridgehead atoms. The van der Waals surface area contributed by atoms with E-state index in [9.17, 15) is 13.2 Å². The second kappa shape index (κ2) is 9.37. The van der Waals surface area contributed by atoms with Gasteiger partial charge in [0.25, 0.3) is 0 Å². The van der Waals surface area contributed by atoms with Crippen LogP contribution in [0.5, 0.6) is 11.5 Å². The fourth-order valence-electron chi connectivity index (χ4n) is 3.05. The average Bonchev–Trinajstić information content (AvgIpc) is 2.67. The van der Waals surface area contributed by atoms with E-state index < -0.39 is 28.0 Å². The highest BCUT2D eigenvalue weighted by molar-refractivity contribution is 7.92. The fraction of sp³-hybridized carbons (Fsp3) is 0.350. The van der Waals surface area contributed by atoms with E-state index in [2.05, 4.69) is 5.32 Å². The number of nitrogens with one attached hydrogen (secondary N) is 1. The van der Waals surface area contributed by atoms with Crippen molar-refractivity contribution in [2.24, 2.45) is 0 Å². The van der Waals surface area contributed by atoms with Crippen LogP contribution in [-0.4, -0.2) is 40.8 Å². The van der Waals surface area contributed by atoms with Crippen molar-refractivity contribution in [3.05, 3.63) is 53.1 Å². The lowest BCUT2D eigenvalue weighted by Crippen LogP contribution is -2.48. The maximum absolute atomic E-state index is 12.9. The van der Waals surface area contributed by atoms with E-state index in [4.69, 9.17) is 21.1 Å². The lowest BCUT2D eigenvalue weighted by atomic mass is 10.1. The van der Waals surface area contributed by atoms with E-state index in [-0.39, 0.29) is 11.4 Å². The largest absolute Gasteiger partial charge is 0.496 e. The van der Waals surface area contributed by atoms with Gasteiger partial charge in [0.2, 0.25) is 15.9 Å². The lowest BCUT2D eigenvalue weighted by Gasteiger charge is -2.30. The Labute approximate surface area is 176 Å². The first kappa shape index (κ1) is 22.8. The van der Waals surface area contributed by atoms with Crippen LogP contribution in [0.1, 0.15) is 25.5 Å². The van der Waals surface area contributed by atoms with Crippen LogP contribution in [0.15, 0.2) is 42.5 Å². The standard InChI is InChI=1S/C20H25ClN2O5S/c1-13(16-8-6-7-9-18(16)27-3)22-20(24)14(2)23(29(5,25)26)17-12-15(21)10-11-19(17)28-4/h6-14H,1-5H3,(H,22,24)/t13-,14-/m1/s1. The molecule has 7 nitrogen and oxygen atoms in total. The molecule has 0 aliphatic carbocycles. The van der Waals surface area contributed by atoms with E-state index >= 15 is 0 Å². The molecule has 1 amide bonds. The smallest absolute Gasteiger partial charge is 0.244 e. The predicted molar refractivity (Wildman–Crippen MR) is 114 cm³/mol. The number of halogens is 1. The van der Waals surface area contributed by atoms with Crippen molar-refractivity contribution in [1.29, 1.82) is 0 Å². The minimum absolute atomic E-state index is 0.190. The number of anilines is 1. The zero-order chi connectivity index (χ0) is 21.8. The molecule has 2 atom stereocenters. The van der Waals surface area contributed by atoms with Crippen LogP contribution in [0.4, 0.5) is 5.69 Å². The molecule has 2 aromatic carbocycles. The van der Waals surface area contributed by atoms with Crippen LogP contribution >= 0.6 is 11.6 Å². The van der Waals surface area contributed by atoms with Crippen LogP contribution in [0.2, 0.25) is 5.02 Å². The Morgan fingerprint density at radius 1 is 1.07 bits per heavy atom. The molecule has 2 rings (SSSR count). The molecule has 0 fully saturated rings. The van der Waals surface area contributed by atoms with E-state index in [1.54, 1.807) is 32.2 Å². The fourth-order valence-corrected chi connectivity index (χ4v) is 4.39. The van der Waals surface area contributed by atoms with Crippen LogP contribution in [0, 0.1) is 0 Å². The Balaban J connectivity index is 2.36. The van der Waals surface area contributed by atoms with E-state index in [0.717, 1.165) is 16.1 Å². The van der Waals surface area contributed by atoms with Crippen molar-refractivity contribution < 1.29 is 22.7 Å². The molecule has 29 heavy (non-hydrogen) atoms. The molecule has 0 spiro atoms. The zero-order valence-corrected chi connectivity index (χ0v) is 18.5. The highest BCUT2D eigenvalue weighted by atomic mass is 35.5. The first-order chi connectivity index (χ1) is 13.6. The van der Waals surface area contributed by atoms with Crippen molar-refractivity contribution in [2.45, 2.75) is 25.9 Å². The maximum Gasteiger partial charge on any atom is 0.244 e. The third kappa shape index (κ3) is 5.33. The summed E-state index contributed by atoms with van der Waals surface area (Å²) in [6.45, 7) is 3.30. The van der Waals surface area contributed by atoms with Crippen LogP contribution in [0.25, 0.3) is 0 Å². The Bertz CT molecular complexity index is 981. The number of nitrogens with zero attached hydrogens (tertiary/aromatic N) is 1. The number of benzene rings is 2. The molecule has 9 heteroatoms. The molecule has 0 aliphatic heterocycles. The Morgan fingerprint density at radius 2 is 1.69 bits per heavy atom. The number of para-hydroxylation sites is 1. The van der Waals surface area contributed by atoms with Crippen molar-refractivity contribution in [2.75, 3.05) is 24.8 Å². The Kier molecular flexibility index (Phi) is 7.37. The van der Waals surface area contributed by atoms with Crippen molar-refractivity contribution in [3.63, 3.8) is 0 Å². The predicted octanol–water partition coefficient (Wildman–Crippen LogP) is 3.39. The summed E-state index contributed by atoms with van der Waals surface area (Å²) in [7, 11) is -0.849. The number of hydrogen-bond donors (Lipinski definition) is 1. The van der Waals surface area contributed by atoms with Gasteiger partial charge in [0, 0.05) is 10.6 Å². The number of sulfonamides is 1. The molecule has 2 aromatic rings. The number of amides is 1. The summed E-state index contributed by atoms with van der Waals surface area (Å²) < 4.78 is 36.7. The van der Waals surface area contributed by atoms with Gasteiger partial charge in [0.15, 0.2) is 0 Å². The summed E-state index contributed by atoms with van der Waals surface area (Å²) in [5, 5.41) is 3.17. The molecule has 0 aliphatic rings. The van der Waals surface area contributed by atoms with Gasteiger partial charge in [-0.05, 0) is 38.1 Å². The quantitative estimate of drug-likeness (QED) is 0.680. The topological polar surface area (TPSA) is 84.9 Å². The summed E-state index contributed by atoms with van der Waals surface area (Å²) in [5.41, 5.74) is 0.969. The highest BCUT2D eigenvalue weighted by Gasteiger charge is 2.32. The van der Waals surface area contributed by atoms with Gasteiger partial charge in [-0.25, -0.2) is 8.42 Å². The molecule has 0 aromatic heterocycles. The average molecular weight is 441 g/mol. The highest BCUT2D eigenvalue weighted by Crippen LogP contribution is 2.34. The van der Waals surface area contributed by atoms with E-state index in [1.807, 2.05) is 18.2 Å². The number of hydrogen-bond acceptors (Lipinski definition) is 5. The number of carbonyl (C=O) groups is 1. The van der Waals surface area contributed by atoms with Gasteiger partial charge in [-0.1, -0.05) is 29.8 Å². The van der Waals surface area contributed by atoms with E-state index in [0.29, 0.717) is 10.8 Å². The first-order valence-electron chi connectivity index (χ1n) is 8.86. The molecular weight excluding hydrogens is 416 g/mol. The minimum atomic E-state index is -3.82. The Morgan fingerprint density at radius 3 is 2.28 bits per heavy atom. The third-order valence-corrected chi connectivity index (χ3v) is 5.89. The van der Waals surface area contributed by atoms with Gasteiger partial charge in [0.1, 0.15) is 17.5 Å². The molecule has 1 N–H and O–H groups in total. The lowest BCUT2D eigenvalue weighted by molar-refractivity contribution is -0.122. The third-order valence-electron chi connectivity index (χ3n) is 4.43. The first-order valence-corrected chi connectivity index (χ1v) is 11.1. The number of methoxy groups -OCH3 is 2.